The maximum atomic E-state index is 5.37. The minimum absolute atomic E-state index is 0.387. The molecule has 0 saturated carbocycles. The molecule has 92 valence electrons. The highest BCUT2D eigenvalue weighted by molar-refractivity contribution is 14.1. The summed E-state index contributed by atoms with van der Waals surface area (Å²) < 4.78 is 1.36. The Labute approximate surface area is 119 Å². The normalized spacial score (nSPS) is 12.1. The van der Waals surface area contributed by atoms with Gasteiger partial charge in [-0.05, 0) is 60.0 Å². The third-order valence-corrected chi connectivity index (χ3v) is 4.29. The van der Waals surface area contributed by atoms with E-state index >= 15 is 0 Å². The summed E-state index contributed by atoms with van der Waals surface area (Å²) in [6.45, 7) is 5.38. The van der Waals surface area contributed by atoms with E-state index < -0.39 is 0 Å². The molecule has 0 bridgehead atoms. The number of nitrogens with one attached hydrogen (secondary N) is 1. The summed E-state index contributed by atoms with van der Waals surface area (Å²) >= 11 is 2.43. The van der Waals surface area contributed by atoms with Crippen LogP contribution in [0.2, 0.25) is 0 Å². The molecule has 17 heavy (non-hydrogen) atoms. The van der Waals surface area contributed by atoms with E-state index in [2.05, 4.69) is 65.9 Å². The zero-order chi connectivity index (χ0) is 12.7. The Hall–Kier alpha value is -0.530. The molecule has 0 fully saturated rings. The molecule has 2 heteroatoms. The third-order valence-electron chi connectivity index (χ3n) is 2.82. The lowest BCUT2D eigenvalue weighted by Gasteiger charge is -2.20. The Balaban J connectivity index is 2.87. The molecular formula is C15H20IN. The number of rotatable bonds is 6. The molecule has 0 saturated heterocycles. The van der Waals surface area contributed by atoms with Crippen molar-refractivity contribution in [3.63, 3.8) is 0 Å². The number of hydrogen-bond donors (Lipinski definition) is 1. The SMILES string of the molecule is C#CCCC(NCCC)c1cccc(C)c1I. The molecular weight excluding hydrogens is 321 g/mol. The quantitative estimate of drug-likeness (QED) is 0.608. The Kier molecular flexibility index (Phi) is 6.61. The van der Waals surface area contributed by atoms with Crippen molar-refractivity contribution in [1.82, 2.24) is 5.32 Å². The highest BCUT2D eigenvalue weighted by atomic mass is 127. The number of aryl methyl sites for hydroxylation is 1. The molecule has 0 spiro atoms. The van der Waals surface area contributed by atoms with E-state index in [1.54, 1.807) is 0 Å². The first-order valence-corrected chi connectivity index (χ1v) is 7.20. The summed E-state index contributed by atoms with van der Waals surface area (Å²) in [5.41, 5.74) is 2.72. The van der Waals surface area contributed by atoms with E-state index in [4.69, 9.17) is 6.42 Å². The van der Waals surface area contributed by atoms with E-state index in [0.717, 1.165) is 25.8 Å². The summed E-state index contributed by atoms with van der Waals surface area (Å²) in [5, 5.41) is 3.59. The van der Waals surface area contributed by atoms with Crippen LogP contribution in [0.4, 0.5) is 0 Å². The van der Waals surface area contributed by atoms with Crippen molar-refractivity contribution in [1.29, 1.82) is 0 Å². The van der Waals surface area contributed by atoms with Crippen LogP contribution in [0, 0.1) is 22.8 Å². The van der Waals surface area contributed by atoms with Gasteiger partial charge in [0.1, 0.15) is 0 Å². The van der Waals surface area contributed by atoms with E-state index in [0.29, 0.717) is 6.04 Å². The zero-order valence-corrected chi connectivity index (χ0v) is 12.8. The first kappa shape index (κ1) is 14.5. The average Bonchev–Trinajstić information content (AvgIpc) is 2.34. The van der Waals surface area contributed by atoms with Gasteiger partial charge in [-0.2, -0.15) is 0 Å². The Morgan fingerprint density at radius 2 is 2.24 bits per heavy atom. The molecule has 0 aliphatic carbocycles. The predicted molar refractivity (Wildman–Crippen MR) is 83.0 cm³/mol. The highest BCUT2D eigenvalue weighted by Gasteiger charge is 2.13. The van der Waals surface area contributed by atoms with E-state index in [-0.39, 0.29) is 0 Å². The van der Waals surface area contributed by atoms with Crippen molar-refractivity contribution in [2.75, 3.05) is 6.54 Å². The number of terminal acetylenes is 1. The van der Waals surface area contributed by atoms with Gasteiger partial charge in [0.15, 0.2) is 0 Å². The van der Waals surface area contributed by atoms with E-state index in [1.807, 2.05) is 0 Å². The summed E-state index contributed by atoms with van der Waals surface area (Å²) in [4.78, 5) is 0. The monoisotopic (exact) mass is 341 g/mol. The third kappa shape index (κ3) is 4.33. The second-order valence-corrected chi connectivity index (χ2v) is 5.31. The lowest BCUT2D eigenvalue weighted by Crippen LogP contribution is -2.23. The molecule has 0 heterocycles. The largest absolute Gasteiger partial charge is 0.310 e. The van der Waals surface area contributed by atoms with Gasteiger partial charge >= 0.3 is 0 Å². The fourth-order valence-electron chi connectivity index (χ4n) is 1.85. The molecule has 1 rings (SSSR count). The molecule has 1 aromatic carbocycles. The minimum atomic E-state index is 0.387. The van der Waals surface area contributed by atoms with Gasteiger partial charge in [-0.25, -0.2) is 0 Å². The van der Waals surface area contributed by atoms with Gasteiger partial charge in [-0.3, -0.25) is 0 Å². The molecule has 0 amide bonds. The first-order valence-electron chi connectivity index (χ1n) is 6.12. The van der Waals surface area contributed by atoms with Crippen LogP contribution in [0.1, 0.15) is 43.4 Å². The smallest absolute Gasteiger partial charge is 0.0339 e. The van der Waals surface area contributed by atoms with Crippen molar-refractivity contribution < 1.29 is 0 Å². The van der Waals surface area contributed by atoms with Crippen LogP contribution in [0.5, 0.6) is 0 Å². The van der Waals surface area contributed by atoms with Crippen molar-refractivity contribution in [3.05, 3.63) is 32.9 Å². The molecule has 0 radical (unpaired) electrons. The van der Waals surface area contributed by atoms with Gasteiger partial charge < -0.3 is 5.32 Å². The van der Waals surface area contributed by atoms with Crippen LogP contribution in [0.3, 0.4) is 0 Å². The van der Waals surface area contributed by atoms with Crippen LogP contribution in [0.25, 0.3) is 0 Å². The van der Waals surface area contributed by atoms with Crippen LogP contribution in [-0.4, -0.2) is 6.54 Å². The van der Waals surface area contributed by atoms with Crippen LogP contribution in [-0.2, 0) is 0 Å². The van der Waals surface area contributed by atoms with Gasteiger partial charge in [0.25, 0.3) is 0 Å². The number of benzene rings is 1. The Morgan fingerprint density at radius 1 is 1.47 bits per heavy atom. The fraction of sp³-hybridized carbons (Fsp3) is 0.467. The summed E-state index contributed by atoms with van der Waals surface area (Å²) in [7, 11) is 0. The van der Waals surface area contributed by atoms with E-state index in [1.165, 1.54) is 14.7 Å². The van der Waals surface area contributed by atoms with Crippen LogP contribution >= 0.6 is 22.6 Å². The van der Waals surface area contributed by atoms with Gasteiger partial charge in [0.2, 0.25) is 0 Å². The van der Waals surface area contributed by atoms with Crippen LogP contribution < -0.4 is 5.32 Å². The summed E-state index contributed by atoms with van der Waals surface area (Å²) in [6.07, 6.45) is 8.35. The van der Waals surface area contributed by atoms with Crippen molar-refractivity contribution in [3.8, 4) is 12.3 Å². The molecule has 0 aliphatic heterocycles. The molecule has 1 unspecified atom stereocenters. The maximum Gasteiger partial charge on any atom is 0.0339 e. The van der Waals surface area contributed by atoms with Gasteiger partial charge in [-0.15, -0.1) is 12.3 Å². The maximum absolute atomic E-state index is 5.37. The zero-order valence-electron chi connectivity index (χ0n) is 10.6. The topological polar surface area (TPSA) is 12.0 Å². The Morgan fingerprint density at radius 3 is 2.88 bits per heavy atom. The van der Waals surface area contributed by atoms with Gasteiger partial charge in [0.05, 0.1) is 0 Å². The Bertz CT molecular complexity index is 392. The molecule has 0 aliphatic rings. The molecule has 1 atom stereocenters. The standard InChI is InChI=1S/C15H20IN/c1-4-6-10-14(17-11-5-2)13-9-7-8-12(3)15(13)16/h1,7-9,14,17H,5-6,10-11H2,2-3H3. The first-order chi connectivity index (χ1) is 8.20. The fourth-order valence-corrected chi connectivity index (χ4v) is 2.59. The second kappa shape index (κ2) is 7.73. The summed E-state index contributed by atoms with van der Waals surface area (Å²) in [6, 6.07) is 6.88. The number of halogens is 1. The highest BCUT2D eigenvalue weighted by Crippen LogP contribution is 2.26. The minimum Gasteiger partial charge on any atom is -0.310 e. The lowest BCUT2D eigenvalue weighted by molar-refractivity contribution is 0.503. The van der Waals surface area contributed by atoms with Crippen molar-refractivity contribution >= 4 is 22.6 Å². The second-order valence-electron chi connectivity index (χ2n) is 4.23. The van der Waals surface area contributed by atoms with Crippen molar-refractivity contribution in [2.45, 2.75) is 39.2 Å². The van der Waals surface area contributed by atoms with Gasteiger partial charge in [0, 0.05) is 16.0 Å². The summed E-state index contributed by atoms with van der Waals surface area (Å²) in [5.74, 6) is 2.74. The van der Waals surface area contributed by atoms with Crippen LogP contribution in [0.15, 0.2) is 18.2 Å². The van der Waals surface area contributed by atoms with Gasteiger partial charge in [-0.1, -0.05) is 25.1 Å². The molecule has 1 N–H and O–H groups in total. The molecule has 1 aromatic rings. The van der Waals surface area contributed by atoms with Crippen molar-refractivity contribution in [2.24, 2.45) is 0 Å². The molecule has 1 nitrogen and oxygen atoms in total. The predicted octanol–water partition coefficient (Wildman–Crippen LogP) is 4.05. The number of hydrogen-bond acceptors (Lipinski definition) is 1. The average molecular weight is 341 g/mol. The van der Waals surface area contributed by atoms with E-state index in [9.17, 15) is 0 Å². The molecule has 0 aromatic heterocycles. The lowest BCUT2D eigenvalue weighted by atomic mass is 10.00.